The van der Waals surface area contributed by atoms with Crippen molar-refractivity contribution in [2.45, 2.75) is 30.9 Å². The van der Waals surface area contributed by atoms with Crippen molar-refractivity contribution in [1.29, 1.82) is 0 Å². The zero-order valence-corrected chi connectivity index (χ0v) is 14.4. The molecule has 0 unspecified atom stereocenters. The lowest BCUT2D eigenvalue weighted by atomic mass is 10.2. The minimum absolute atomic E-state index is 0.187. The molecule has 1 aromatic carbocycles. The summed E-state index contributed by atoms with van der Waals surface area (Å²) in [5, 5.41) is 4.99. The molecule has 0 radical (unpaired) electrons. The minimum Gasteiger partial charge on any atom is -0.484 e. The van der Waals surface area contributed by atoms with Gasteiger partial charge in [0.25, 0.3) is 5.78 Å². The zero-order valence-electron chi connectivity index (χ0n) is 13.5. The van der Waals surface area contributed by atoms with Crippen LogP contribution in [0.25, 0.3) is 5.78 Å². The monoisotopic (exact) mass is 368 g/mol. The number of halogens is 3. The molecule has 0 spiro atoms. The van der Waals surface area contributed by atoms with Gasteiger partial charge < -0.3 is 4.74 Å². The number of ether oxygens (including phenoxy) is 1. The highest BCUT2D eigenvalue weighted by Crippen LogP contribution is 2.23. The van der Waals surface area contributed by atoms with Crippen molar-refractivity contribution in [2.75, 3.05) is 6.61 Å². The van der Waals surface area contributed by atoms with Crippen molar-refractivity contribution in [2.24, 2.45) is 0 Å². The fourth-order valence-electron chi connectivity index (χ4n) is 2.20. The molecule has 0 aliphatic carbocycles. The van der Waals surface area contributed by atoms with Gasteiger partial charge in [0.2, 0.25) is 5.16 Å². The molecule has 0 amide bonds. The number of fused-ring (bicyclic) bond motifs is 1. The van der Waals surface area contributed by atoms with E-state index in [9.17, 15) is 13.2 Å². The average molecular weight is 368 g/mol. The molecule has 9 heteroatoms. The van der Waals surface area contributed by atoms with Gasteiger partial charge in [-0.1, -0.05) is 23.9 Å². The molecular formula is C16H15F3N4OS. The van der Waals surface area contributed by atoms with E-state index in [1.807, 2.05) is 19.9 Å². The molecule has 0 aliphatic heterocycles. The van der Waals surface area contributed by atoms with Crippen LogP contribution in [0.5, 0.6) is 5.75 Å². The third-order valence-corrected chi connectivity index (χ3v) is 4.20. The molecule has 2 aromatic heterocycles. The van der Waals surface area contributed by atoms with E-state index >= 15 is 0 Å². The Hall–Kier alpha value is -2.29. The van der Waals surface area contributed by atoms with Gasteiger partial charge in [-0.15, -0.1) is 5.10 Å². The Labute approximate surface area is 146 Å². The maximum atomic E-state index is 12.1. The molecule has 0 bridgehead atoms. The third-order valence-electron chi connectivity index (χ3n) is 3.29. The average Bonchev–Trinajstić information content (AvgIpc) is 2.94. The molecule has 3 rings (SSSR count). The first-order chi connectivity index (χ1) is 11.8. The molecule has 3 aromatic rings. The van der Waals surface area contributed by atoms with Gasteiger partial charge in [-0.05, 0) is 37.6 Å². The maximum absolute atomic E-state index is 12.1. The molecule has 0 N–H and O–H groups in total. The highest BCUT2D eigenvalue weighted by molar-refractivity contribution is 7.98. The molecule has 2 heterocycles. The van der Waals surface area contributed by atoms with Crippen molar-refractivity contribution in [3.63, 3.8) is 0 Å². The van der Waals surface area contributed by atoms with Crippen molar-refractivity contribution < 1.29 is 17.9 Å². The topological polar surface area (TPSA) is 52.3 Å². The van der Waals surface area contributed by atoms with E-state index in [1.54, 1.807) is 16.6 Å². The summed E-state index contributed by atoms with van der Waals surface area (Å²) < 4.78 is 42.7. The van der Waals surface area contributed by atoms with Crippen LogP contribution < -0.4 is 4.74 Å². The van der Waals surface area contributed by atoms with Gasteiger partial charge >= 0.3 is 6.18 Å². The number of hydrogen-bond acceptors (Lipinski definition) is 5. The van der Waals surface area contributed by atoms with Crippen molar-refractivity contribution in [3.8, 4) is 5.75 Å². The summed E-state index contributed by atoms with van der Waals surface area (Å²) in [5.74, 6) is 1.33. The van der Waals surface area contributed by atoms with E-state index in [4.69, 9.17) is 0 Å². The fraction of sp³-hybridized carbons (Fsp3) is 0.312. The van der Waals surface area contributed by atoms with E-state index < -0.39 is 12.8 Å². The molecule has 132 valence electrons. The molecule has 0 fully saturated rings. The lowest BCUT2D eigenvalue weighted by Gasteiger charge is -2.09. The first-order valence-electron chi connectivity index (χ1n) is 7.42. The molecule has 5 nitrogen and oxygen atoms in total. The quantitative estimate of drug-likeness (QED) is 0.638. The number of alkyl halides is 3. The van der Waals surface area contributed by atoms with Crippen LogP contribution in [0.2, 0.25) is 0 Å². The number of rotatable bonds is 5. The highest BCUT2D eigenvalue weighted by atomic mass is 32.2. The van der Waals surface area contributed by atoms with Crippen molar-refractivity contribution >= 4 is 17.5 Å². The Morgan fingerprint density at radius 1 is 1.12 bits per heavy atom. The van der Waals surface area contributed by atoms with Crippen LogP contribution in [0.1, 0.15) is 17.0 Å². The number of nitrogens with zero attached hydrogens (tertiary/aromatic N) is 4. The second-order valence-corrected chi connectivity index (χ2v) is 6.42. The highest BCUT2D eigenvalue weighted by Gasteiger charge is 2.28. The summed E-state index contributed by atoms with van der Waals surface area (Å²) >= 11 is 1.43. The van der Waals surface area contributed by atoms with Gasteiger partial charge in [-0.3, -0.25) is 0 Å². The minimum atomic E-state index is -4.34. The van der Waals surface area contributed by atoms with Crippen molar-refractivity contribution in [3.05, 3.63) is 47.3 Å². The van der Waals surface area contributed by atoms with Crippen LogP contribution in [-0.2, 0) is 5.75 Å². The number of aryl methyl sites for hydroxylation is 2. The van der Waals surface area contributed by atoms with Crippen molar-refractivity contribution in [1.82, 2.24) is 19.6 Å². The SMILES string of the molecule is Cc1cc(C)n2nc(SCc3ccc(OCC(F)(F)F)cc3)nc2n1. The predicted octanol–water partition coefficient (Wildman–Crippen LogP) is 3.97. The number of thioether (sulfide) groups is 1. The smallest absolute Gasteiger partial charge is 0.422 e. The van der Waals surface area contributed by atoms with Gasteiger partial charge in [-0.2, -0.15) is 18.2 Å². The van der Waals surface area contributed by atoms with E-state index in [1.165, 1.54) is 23.9 Å². The van der Waals surface area contributed by atoms with E-state index in [0.29, 0.717) is 16.7 Å². The maximum Gasteiger partial charge on any atom is 0.422 e. The predicted molar refractivity (Wildman–Crippen MR) is 87.8 cm³/mol. The molecule has 0 saturated carbocycles. The van der Waals surface area contributed by atoms with Crippen LogP contribution in [0, 0.1) is 13.8 Å². The summed E-state index contributed by atoms with van der Waals surface area (Å²) in [6.07, 6.45) is -4.34. The van der Waals surface area contributed by atoms with Crippen LogP contribution >= 0.6 is 11.8 Å². The van der Waals surface area contributed by atoms with Gasteiger partial charge in [0.1, 0.15) is 5.75 Å². The number of benzene rings is 1. The Morgan fingerprint density at radius 3 is 2.52 bits per heavy atom. The summed E-state index contributed by atoms with van der Waals surface area (Å²) in [7, 11) is 0. The first-order valence-corrected chi connectivity index (χ1v) is 8.41. The Bertz CT molecular complexity index is 877. The second kappa shape index (κ2) is 6.91. The Balaban J connectivity index is 1.63. The lowest BCUT2D eigenvalue weighted by Crippen LogP contribution is -2.19. The fourth-order valence-corrected chi connectivity index (χ4v) is 2.98. The molecular weight excluding hydrogens is 353 g/mol. The largest absolute Gasteiger partial charge is 0.484 e. The second-order valence-electron chi connectivity index (χ2n) is 5.48. The van der Waals surface area contributed by atoms with Gasteiger partial charge in [0.05, 0.1) is 0 Å². The zero-order chi connectivity index (χ0) is 18.0. The van der Waals surface area contributed by atoms with Crippen LogP contribution in [0.3, 0.4) is 0 Å². The van der Waals surface area contributed by atoms with Gasteiger partial charge in [0.15, 0.2) is 6.61 Å². The van der Waals surface area contributed by atoms with Crippen LogP contribution in [0.4, 0.5) is 13.2 Å². The molecule has 0 saturated heterocycles. The summed E-state index contributed by atoms with van der Waals surface area (Å²) in [6.45, 7) is 2.54. The first kappa shape index (κ1) is 17.5. The van der Waals surface area contributed by atoms with Crippen LogP contribution in [0.15, 0.2) is 35.5 Å². The molecule has 0 aliphatic rings. The van der Waals surface area contributed by atoms with Gasteiger partial charge in [-0.25, -0.2) is 9.50 Å². The normalized spacial score (nSPS) is 11.9. The standard InChI is InChI=1S/C16H15F3N4OS/c1-10-7-11(2)23-14(20-10)21-15(22-23)25-8-12-3-5-13(6-4-12)24-9-16(17,18)19/h3-7H,8-9H2,1-2H3. The summed E-state index contributed by atoms with van der Waals surface area (Å²) in [5.41, 5.74) is 2.76. The summed E-state index contributed by atoms with van der Waals surface area (Å²) in [6, 6.07) is 8.42. The Morgan fingerprint density at radius 2 is 1.84 bits per heavy atom. The molecule has 25 heavy (non-hydrogen) atoms. The van der Waals surface area contributed by atoms with Gasteiger partial charge in [0, 0.05) is 17.1 Å². The number of hydrogen-bond donors (Lipinski definition) is 0. The van der Waals surface area contributed by atoms with Crippen LogP contribution in [-0.4, -0.2) is 32.4 Å². The summed E-state index contributed by atoms with van der Waals surface area (Å²) in [4.78, 5) is 8.71. The number of aromatic nitrogens is 4. The Kier molecular flexibility index (Phi) is 4.85. The van der Waals surface area contributed by atoms with E-state index in [-0.39, 0.29) is 5.75 Å². The molecule has 0 atom stereocenters. The third kappa shape index (κ3) is 4.62. The lowest BCUT2D eigenvalue weighted by molar-refractivity contribution is -0.153. The van der Waals surface area contributed by atoms with E-state index in [2.05, 4.69) is 19.8 Å². The van der Waals surface area contributed by atoms with E-state index in [0.717, 1.165) is 17.0 Å².